The van der Waals surface area contributed by atoms with E-state index in [2.05, 4.69) is 257 Å². The Morgan fingerprint density at radius 3 is 1.33 bits per heavy atom. The Kier molecular flexibility index (Phi) is 45.9. The van der Waals surface area contributed by atoms with E-state index in [4.69, 9.17) is 25.3 Å². The van der Waals surface area contributed by atoms with Gasteiger partial charge in [-0.2, -0.15) is 0 Å². The standard InChI is InChI=1S/C18H25IN2O3.C18H23IN2O.C13H17IN2O.C11H19NO4.CH4.I2.5HI.2V/c1-17(2,3)24-16(23)21-18(10-4-5-11-18)15(22)20-12-13-6-8-14(19)9-7-13;1-2-3-6-16-20-18(11-4-5-12-18)17(22)21(16)13-14-7-9-15(19)10-8-14;14-11-5-3-10(4-6-11)9-16-12(17)13(15)7-1-2-8-13;1-10(2,3)16-9(15)12-11(8(13)14)6-4-5-7-11;;1-2;;;;;;;/h6-9H,4-5,10-12H2,1-3H3,(H,20,22)(H,21,23);7-10H,2-6,11-13H2,1H3;3-6H,1-2,7-9,15H2,(H,16,17);4-7H2,1-3H3,(H,12,15)(H,13,14);1H4;;5*1H;;/q;;;;;;;;;;;+2;+3/p-5. The third-order valence-corrected chi connectivity index (χ3v) is 16.8. The molecule has 1 spiro atoms. The van der Waals surface area contributed by atoms with Crippen LogP contribution in [-0.2, 0) is 62.7 Å². The number of carboxylic acid groups (broad SMARTS) is 1. The number of nitrogens with two attached hydrogens (primary N) is 1. The molecule has 4 aliphatic carbocycles. The van der Waals surface area contributed by atoms with Gasteiger partial charge in [0.1, 0.15) is 33.7 Å². The molecular weight excluding hydrogens is 2350 g/mol. The molecule has 28 heteroatoms. The van der Waals surface area contributed by atoms with Crippen LogP contribution in [0.3, 0.4) is 0 Å². The average Bonchev–Trinajstić information content (AvgIpc) is 1.71. The van der Waals surface area contributed by atoms with Gasteiger partial charge in [0.25, 0.3) is 5.91 Å². The minimum absolute atomic E-state index is 0. The van der Waals surface area contributed by atoms with Crippen LogP contribution in [0.4, 0.5) is 9.59 Å². The van der Waals surface area contributed by atoms with E-state index in [0.717, 1.165) is 117 Å². The summed E-state index contributed by atoms with van der Waals surface area (Å²) in [6.45, 7) is 14.5. The second kappa shape index (κ2) is 45.8. The first-order valence-corrected chi connectivity index (χ1v) is 61.0. The van der Waals surface area contributed by atoms with Crippen molar-refractivity contribution < 1.29 is 57.7 Å². The van der Waals surface area contributed by atoms with E-state index in [1.54, 1.807) is 20.8 Å². The number of amidine groups is 1. The van der Waals surface area contributed by atoms with E-state index in [1.807, 2.05) is 74.2 Å². The van der Waals surface area contributed by atoms with Crippen molar-refractivity contribution >= 4 is 247 Å². The molecule has 3 aromatic carbocycles. The van der Waals surface area contributed by atoms with Crippen LogP contribution < -0.4 is 27.0 Å². The summed E-state index contributed by atoms with van der Waals surface area (Å²) in [5.74, 6) is 0.149. The molecule has 3 aromatic rings. The Morgan fingerprint density at radius 1 is 0.618 bits per heavy atom. The fraction of sp³-hybridized carbons (Fsp3) is 0.590. The van der Waals surface area contributed by atoms with E-state index in [1.165, 1.54) is 12.7 Å². The van der Waals surface area contributed by atoms with Gasteiger partial charge in [-0.3, -0.25) is 24.3 Å². The Labute approximate surface area is 661 Å². The van der Waals surface area contributed by atoms with Crippen molar-refractivity contribution in [3.05, 3.63) is 100 Å². The van der Waals surface area contributed by atoms with Crippen molar-refractivity contribution in [3.63, 3.8) is 0 Å². The summed E-state index contributed by atoms with van der Waals surface area (Å²) in [4.78, 5) is 79.1. The number of nitrogens with one attached hydrogen (secondary N) is 4. The number of hydrogen-bond donors (Lipinski definition) is 6. The number of carbonyl (C=O) groups excluding carboxylic acids is 5. The molecule has 0 aromatic heterocycles. The van der Waals surface area contributed by atoms with Crippen LogP contribution in [0.25, 0.3) is 0 Å². The van der Waals surface area contributed by atoms with Crippen molar-refractivity contribution in [1.82, 2.24) is 26.2 Å². The van der Waals surface area contributed by atoms with E-state index in [9.17, 15) is 28.8 Å². The van der Waals surface area contributed by atoms with Crippen molar-refractivity contribution in [3.8, 4) is 0 Å². The fourth-order valence-electron chi connectivity index (χ4n) is 10.4. The summed E-state index contributed by atoms with van der Waals surface area (Å²) in [5.41, 5.74) is 5.21. The number of hydrogen-bond acceptors (Lipinski definition) is 10. The summed E-state index contributed by atoms with van der Waals surface area (Å²) >= 11 is 23.2. The quantitative estimate of drug-likeness (QED) is 0.0836. The van der Waals surface area contributed by atoms with Crippen LogP contribution >= 0.6 is 205 Å². The molecule has 0 saturated heterocycles. The molecule has 1 heterocycles. The van der Waals surface area contributed by atoms with E-state index in [-0.39, 0.29) is 30.1 Å². The Bertz CT molecular complexity index is 2650. The van der Waals surface area contributed by atoms with Gasteiger partial charge in [0.15, 0.2) is 0 Å². The number of benzene rings is 3. The maximum atomic E-state index is 13.0. The number of alkyl carbamates (subject to hydrolysis) is 2. The van der Waals surface area contributed by atoms with Gasteiger partial charge in [-0.1, -0.05) is 109 Å². The van der Waals surface area contributed by atoms with Crippen LogP contribution in [0, 0.1) is 10.7 Å². The number of aliphatic carboxylic acids is 1. The second-order valence-corrected chi connectivity index (χ2v) is 74.7. The molecule has 4 saturated carbocycles. The maximum absolute atomic E-state index is 13.0. The molecule has 4 fully saturated rings. The molecule has 0 bridgehead atoms. The summed E-state index contributed by atoms with van der Waals surface area (Å²) in [6, 6.07) is 24.6. The van der Waals surface area contributed by atoms with Gasteiger partial charge >= 0.3 is 132 Å². The van der Waals surface area contributed by atoms with Crippen LogP contribution in [0.15, 0.2) is 77.8 Å². The summed E-state index contributed by atoms with van der Waals surface area (Å²) in [7, 11) is 0.628. The van der Waals surface area contributed by atoms with Gasteiger partial charge < -0.3 is 41.6 Å². The van der Waals surface area contributed by atoms with Gasteiger partial charge in [0, 0.05) is 67.5 Å². The number of carboxylic acids is 1. The fourth-order valence-corrected chi connectivity index (χ4v) is 11.5. The Hall–Kier alpha value is 2.18. The van der Waals surface area contributed by atoms with Crippen molar-refractivity contribution in [1.29, 1.82) is 0 Å². The minimum atomic E-state index is -1.12. The molecule has 7 N–H and O–H groups in total. The van der Waals surface area contributed by atoms with Gasteiger partial charge in [-0.25, -0.2) is 14.4 Å². The van der Waals surface area contributed by atoms with Crippen LogP contribution in [0.2, 0.25) is 0 Å². The third-order valence-electron chi connectivity index (χ3n) is 14.7. The first-order valence-electron chi connectivity index (χ1n) is 28.9. The van der Waals surface area contributed by atoms with E-state index in [0.29, 0.717) is 54.8 Å². The van der Waals surface area contributed by atoms with Crippen molar-refractivity contribution in [2.24, 2.45) is 10.7 Å². The zero-order valence-electron chi connectivity index (χ0n) is 50.8. The number of nitrogens with zero attached hydrogens (tertiary/aromatic N) is 2. The zero-order chi connectivity index (χ0) is 66.4. The first kappa shape index (κ1) is 89.2. The molecular formula is C61H88I10N7O9V2. The topological polar surface area (TPSA) is 231 Å². The molecule has 0 unspecified atom stereocenters. The van der Waals surface area contributed by atoms with Crippen molar-refractivity contribution in [2.45, 2.75) is 231 Å². The number of aliphatic imine (C=N–C) groups is 1. The summed E-state index contributed by atoms with van der Waals surface area (Å²) < 4.78 is 14.0. The molecule has 1 aliphatic heterocycles. The number of rotatable bonds is 14. The summed E-state index contributed by atoms with van der Waals surface area (Å²) in [6.07, 6.45) is 15.6. The van der Waals surface area contributed by atoms with E-state index < -0.39 is 51.5 Å². The average molecular weight is 2430 g/mol. The van der Waals surface area contributed by atoms with Gasteiger partial charge in [-0.05, 0) is 220 Å². The molecule has 5 amide bonds. The van der Waals surface area contributed by atoms with Gasteiger partial charge in [0.2, 0.25) is 11.8 Å². The van der Waals surface area contributed by atoms with Crippen LogP contribution in [0.1, 0.15) is 195 Å². The van der Waals surface area contributed by atoms with Crippen LogP contribution in [-0.4, -0.2) is 85.1 Å². The normalized spacial score (nSPS) is 16.9. The van der Waals surface area contributed by atoms with E-state index >= 15 is 0 Å². The molecule has 0 radical (unpaired) electrons. The molecule has 501 valence electrons. The molecule has 5 aliphatic rings. The number of halogens is 10. The monoisotopic (exact) mass is 2430 g/mol. The predicted molar refractivity (Wildman–Crippen MR) is 439 cm³/mol. The molecule has 0 atom stereocenters. The Balaban J connectivity index is 0.000000571. The number of carbonyl (C=O) groups is 6. The van der Waals surface area contributed by atoms with Crippen LogP contribution in [0.5, 0.6) is 0 Å². The van der Waals surface area contributed by atoms with Gasteiger partial charge in [0.05, 0.1) is 12.1 Å². The Morgan fingerprint density at radius 2 is 0.955 bits per heavy atom. The second-order valence-electron chi connectivity index (χ2n) is 23.8. The number of ether oxygens (including phenoxy) is 2. The molecule has 16 nitrogen and oxygen atoms in total. The first-order chi connectivity index (χ1) is 41.3. The predicted octanol–water partition coefficient (Wildman–Crippen LogP) is 19.2. The SMILES string of the molecule is C.CC(C)(C)OC(=O)NC1(C(=O)NCc2ccc(I)cc2)CCCC1.CC(C)(C)OC(=O)NC1(C(=O)O)CCCC1.CCCCC1=NC2(CCCC2)C(=O)N1Cc1ccc(I)cc1.II.NC1(C(=O)NCc2ccc(I)cc2)CCCC1.[I][V]([I])[I].[I][V][I]. The zero-order valence-corrected chi connectivity index (χ0v) is 75.2. The molecule has 89 heavy (non-hydrogen) atoms. The number of unbranched alkanes of at least 4 members (excludes halogenated alkanes) is 1. The third kappa shape index (κ3) is 34.2. The number of amides is 5. The van der Waals surface area contributed by atoms with Crippen molar-refractivity contribution in [2.75, 3.05) is 0 Å². The summed E-state index contributed by atoms with van der Waals surface area (Å²) in [5, 5.41) is 20.3. The van der Waals surface area contributed by atoms with Gasteiger partial charge in [-0.15, -0.1) is 0 Å². The molecule has 8 rings (SSSR count).